The van der Waals surface area contributed by atoms with Crippen LogP contribution in [-0.4, -0.2) is 60.8 Å². The predicted molar refractivity (Wildman–Crippen MR) is 124 cm³/mol. The average Bonchev–Trinajstić information content (AvgIpc) is 3.44. The smallest absolute Gasteiger partial charge is 0.317 e. The van der Waals surface area contributed by atoms with E-state index in [-0.39, 0.29) is 23.9 Å². The minimum Gasteiger partial charge on any atom is -0.365 e. The molecule has 2 aliphatic rings. The molecule has 3 aromatic heterocycles. The Morgan fingerprint density at radius 3 is 2.76 bits per heavy atom. The fourth-order valence-electron chi connectivity index (χ4n) is 4.69. The van der Waals surface area contributed by atoms with Gasteiger partial charge in [0.05, 0.1) is 16.6 Å². The van der Waals surface area contributed by atoms with Gasteiger partial charge in [-0.05, 0) is 44.6 Å². The first-order valence-electron chi connectivity index (χ1n) is 11.3. The number of aromatic nitrogens is 5. The third kappa shape index (κ3) is 4.57. The van der Waals surface area contributed by atoms with Gasteiger partial charge in [0.1, 0.15) is 5.69 Å². The van der Waals surface area contributed by atoms with Crippen LogP contribution >= 0.6 is 11.6 Å². The number of hydrogen-bond donors (Lipinski definition) is 2. The highest BCUT2D eigenvalue weighted by atomic mass is 35.5. The van der Waals surface area contributed by atoms with Gasteiger partial charge in [-0.25, -0.2) is 28.8 Å². The van der Waals surface area contributed by atoms with E-state index < -0.39 is 5.82 Å². The van der Waals surface area contributed by atoms with Crippen LogP contribution in [0.4, 0.5) is 15.0 Å². The van der Waals surface area contributed by atoms with E-state index >= 15 is 0 Å². The highest BCUT2D eigenvalue weighted by Gasteiger charge is 2.27. The number of likely N-dealkylation sites (tertiary alicyclic amines) is 1. The minimum atomic E-state index is -0.529. The zero-order valence-corrected chi connectivity index (χ0v) is 19.1. The Balaban J connectivity index is 1.33. The second kappa shape index (κ2) is 9.09. The van der Waals surface area contributed by atoms with Crippen LogP contribution in [0, 0.1) is 5.82 Å². The molecule has 33 heavy (non-hydrogen) atoms. The SMILES string of the molecule is Cn1nc(-c2ncc(F)c(N[C@H]3CCC[C@@H](NC(=O)N4CCCC4)C3)n2)c2cc(Cl)cnc21. The first-order chi connectivity index (χ1) is 16.0. The number of carbonyl (C=O) groups excluding carboxylic acids is 1. The molecule has 1 aliphatic carbocycles. The molecule has 174 valence electrons. The van der Waals surface area contributed by atoms with Gasteiger partial charge in [-0.1, -0.05) is 11.6 Å². The number of hydrogen-bond acceptors (Lipinski definition) is 6. The first kappa shape index (κ1) is 21.8. The molecule has 11 heteroatoms. The highest BCUT2D eigenvalue weighted by molar-refractivity contribution is 6.31. The summed E-state index contributed by atoms with van der Waals surface area (Å²) >= 11 is 6.12. The maximum atomic E-state index is 14.6. The lowest BCUT2D eigenvalue weighted by Gasteiger charge is -2.31. The Hall–Kier alpha value is -3.01. The van der Waals surface area contributed by atoms with Crippen molar-refractivity contribution in [3.8, 4) is 11.5 Å². The number of aryl methyl sites for hydroxylation is 1. The topological polar surface area (TPSA) is 101 Å². The van der Waals surface area contributed by atoms with E-state index in [1.54, 1.807) is 24.0 Å². The van der Waals surface area contributed by atoms with Gasteiger partial charge in [-0.2, -0.15) is 5.10 Å². The molecule has 0 bridgehead atoms. The average molecular weight is 473 g/mol. The van der Waals surface area contributed by atoms with Crippen LogP contribution in [0.3, 0.4) is 0 Å². The van der Waals surface area contributed by atoms with Crippen molar-refractivity contribution in [1.82, 2.24) is 34.9 Å². The second-order valence-electron chi connectivity index (χ2n) is 8.74. The molecule has 2 N–H and O–H groups in total. The van der Waals surface area contributed by atoms with Crippen molar-refractivity contribution in [3.05, 3.63) is 29.3 Å². The van der Waals surface area contributed by atoms with E-state index in [9.17, 15) is 9.18 Å². The number of halogens is 2. The van der Waals surface area contributed by atoms with Crippen molar-refractivity contribution < 1.29 is 9.18 Å². The third-order valence-corrected chi connectivity index (χ3v) is 6.54. The maximum Gasteiger partial charge on any atom is 0.317 e. The largest absolute Gasteiger partial charge is 0.365 e. The quantitative estimate of drug-likeness (QED) is 0.599. The number of carbonyl (C=O) groups is 1. The summed E-state index contributed by atoms with van der Waals surface area (Å²) in [7, 11) is 1.77. The van der Waals surface area contributed by atoms with Gasteiger partial charge in [0.25, 0.3) is 0 Å². The van der Waals surface area contributed by atoms with Crippen molar-refractivity contribution >= 4 is 34.5 Å². The van der Waals surface area contributed by atoms with Crippen LogP contribution < -0.4 is 10.6 Å². The normalized spacial score (nSPS) is 20.9. The molecule has 1 saturated heterocycles. The predicted octanol–water partition coefficient (Wildman–Crippen LogP) is 3.75. The number of anilines is 1. The van der Waals surface area contributed by atoms with Crippen LogP contribution in [0.1, 0.15) is 38.5 Å². The van der Waals surface area contributed by atoms with E-state index in [1.807, 2.05) is 4.90 Å². The summed E-state index contributed by atoms with van der Waals surface area (Å²) in [6.07, 6.45) is 8.27. The van der Waals surface area contributed by atoms with Crippen LogP contribution in [0.25, 0.3) is 22.6 Å². The van der Waals surface area contributed by atoms with Crippen molar-refractivity contribution in [3.63, 3.8) is 0 Å². The van der Waals surface area contributed by atoms with Gasteiger partial charge in [0, 0.05) is 38.4 Å². The van der Waals surface area contributed by atoms with Crippen LogP contribution in [0.2, 0.25) is 5.02 Å². The molecule has 0 spiro atoms. The zero-order chi connectivity index (χ0) is 22.9. The Morgan fingerprint density at radius 1 is 1.15 bits per heavy atom. The van der Waals surface area contributed by atoms with Crippen LogP contribution in [-0.2, 0) is 7.05 Å². The van der Waals surface area contributed by atoms with Crippen molar-refractivity contribution in [2.24, 2.45) is 7.05 Å². The fourth-order valence-corrected chi connectivity index (χ4v) is 4.85. The van der Waals surface area contributed by atoms with E-state index in [0.29, 0.717) is 34.0 Å². The van der Waals surface area contributed by atoms with Gasteiger partial charge in [0.2, 0.25) is 0 Å². The maximum absolute atomic E-state index is 14.6. The van der Waals surface area contributed by atoms with Gasteiger partial charge >= 0.3 is 6.03 Å². The van der Waals surface area contributed by atoms with Crippen molar-refractivity contribution in [2.45, 2.75) is 50.6 Å². The number of nitrogens with zero attached hydrogens (tertiary/aromatic N) is 6. The molecule has 0 unspecified atom stereocenters. The number of amides is 2. The summed E-state index contributed by atoms with van der Waals surface area (Å²) in [5.41, 5.74) is 1.13. The van der Waals surface area contributed by atoms with Crippen LogP contribution in [0.15, 0.2) is 18.5 Å². The number of pyridine rings is 1. The van der Waals surface area contributed by atoms with Crippen molar-refractivity contribution in [1.29, 1.82) is 0 Å². The molecule has 2 fully saturated rings. The monoisotopic (exact) mass is 472 g/mol. The first-order valence-corrected chi connectivity index (χ1v) is 11.7. The Kier molecular flexibility index (Phi) is 6.01. The minimum absolute atomic E-state index is 0.00273. The number of nitrogens with one attached hydrogen (secondary N) is 2. The van der Waals surface area contributed by atoms with E-state index in [1.165, 1.54) is 0 Å². The summed E-state index contributed by atoms with van der Waals surface area (Å²) in [4.78, 5) is 27.2. The molecule has 2 amide bonds. The molecule has 9 nitrogen and oxygen atoms in total. The Labute approximate surface area is 195 Å². The Morgan fingerprint density at radius 2 is 1.94 bits per heavy atom. The zero-order valence-electron chi connectivity index (χ0n) is 18.4. The van der Waals surface area contributed by atoms with E-state index in [2.05, 4.69) is 30.7 Å². The van der Waals surface area contributed by atoms with Gasteiger partial charge in [-0.15, -0.1) is 0 Å². The molecule has 5 rings (SSSR count). The summed E-state index contributed by atoms with van der Waals surface area (Å²) in [5, 5.41) is 12.0. The summed E-state index contributed by atoms with van der Waals surface area (Å²) in [5.74, 6) is -0.105. The summed E-state index contributed by atoms with van der Waals surface area (Å²) in [6, 6.07) is 1.81. The summed E-state index contributed by atoms with van der Waals surface area (Å²) < 4.78 is 16.2. The number of urea groups is 1. The lowest BCUT2D eigenvalue weighted by atomic mass is 9.91. The second-order valence-corrected chi connectivity index (χ2v) is 9.17. The molecule has 4 heterocycles. The van der Waals surface area contributed by atoms with Gasteiger partial charge in [-0.3, -0.25) is 0 Å². The summed E-state index contributed by atoms with van der Waals surface area (Å²) in [6.45, 7) is 1.64. The standard InChI is InChI=1S/C22H26ClFN8O/c1-31-21-16(9-13(23)11-26-21)18(30-31)20-25-12-17(24)19(29-20)27-14-5-4-6-15(10-14)28-22(33)32-7-2-3-8-32/h9,11-12,14-15H,2-8,10H2,1H3,(H,28,33)(H,25,27,29)/t14-,15+/m0/s1. The lowest BCUT2D eigenvalue weighted by Crippen LogP contribution is -2.47. The Bertz CT molecular complexity index is 1180. The van der Waals surface area contributed by atoms with Crippen LogP contribution in [0.5, 0.6) is 0 Å². The lowest BCUT2D eigenvalue weighted by molar-refractivity contribution is 0.199. The fraction of sp³-hybridized carbons (Fsp3) is 0.500. The third-order valence-electron chi connectivity index (χ3n) is 6.34. The molecule has 1 saturated carbocycles. The molecule has 0 aromatic carbocycles. The van der Waals surface area contributed by atoms with E-state index in [0.717, 1.165) is 51.4 Å². The molecular formula is C22H26ClFN8O. The molecular weight excluding hydrogens is 447 g/mol. The van der Waals surface area contributed by atoms with Gasteiger partial charge in [0.15, 0.2) is 23.1 Å². The number of fused-ring (bicyclic) bond motifs is 1. The molecule has 1 aliphatic heterocycles. The number of rotatable bonds is 4. The van der Waals surface area contributed by atoms with Crippen molar-refractivity contribution in [2.75, 3.05) is 18.4 Å². The van der Waals surface area contributed by atoms with Gasteiger partial charge < -0.3 is 15.5 Å². The van der Waals surface area contributed by atoms with E-state index in [4.69, 9.17) is 11.6 Å². The molecule has 3 aromatic rings. The molecule has 0 radical (unpaired) electrons. The highest BCUT2D eigenvalue weighted by Crippen LogP contribution is 2.28. The molecule has 2 atom stereocenters.